The maximum absolute atomic E-state index is 13.0. The van der Waals surface area contributed by atoms with Crippen LogP contribution >= 0.6 is 0 Å². The largest absolute Gasteiger partial charge is 0.486 e. The summed E-state index contributed by atoms with van der Waals surface area (Å²) in [6, 6.07) is 4.58. The molecule has 0 saturated carbocycles. The molecular weight excluding hydrogens is 298 g/mol. The Morgan fingerprint density at radius 1 is 1.30 bits per heavy atom. The molecule has 1 saturated heterocycles. The first-order valence-electron chi connectivity index (χ1n) is 7.79. The van der Waals surface area contributed by atoms with Gasteiger partial charge < -0.3 is 20.5 Å². The molecule has 0 aromatic heterocycles. The molecule has 0 aliphatic carbocycles. The van der Waals surface area contributed by atoms with Crippen molar-refractivity contribution in [1.29, 1.82) is 0 Å². The van der Waals surface area contributed by atoms with Crippen LogP contribution in [0.25, 0.3) is 0 Å². The molecular formula is C16H21N3O4. The minimum Gasteiger partial charge on any atom is -0.486 e. The summed E-state index contributed by atoms with van der Waals surface area (Å²) in [6.45, 7) is 4.81. The quantitative estimate of drug-likeness (QED) is 0.806. The second-order valence-electron chi connectivity index (χ2n) is 5.81. The molecule has 2 unspecified atom stereocenters. The van der Waals surface area contributed by atoms with Gasteiger partial charge in [-0.2, -0.15) is 0 Å². The number of hydrogen-bond acceptors (Lipinski definition) is 5. The predicted molar refractivity (Wildman–Crippen MR) is 83.3 cm³/mol. The summed E-state index contributed by atoms with van der Waals surface area (Å²) < 4.78 is 11.1. The first kappa shape index (κ1) is 15.6. The Balaban J connectivity index is 2.02. The van der Waals surface area contributed by atoms with E-state index in [0.29, 0.717) is 36.7 Å². The number of carbonyl (C=O) groups is 2. The van der Waals surface area contributed by atoms with E-state index in [1.54, 1.807) is 25.1 Å². The number of rotatable bonds is 4. The van der Waals surface area contributed by atoms with E-state index in [2.05, 4.69) is 5.32 Å². The minimum absolute atomic E-state index is 0.222. The fraction of sp³-hybridized carbons (Fsp3) is 0.500. The molecule has 1 aromatic rings. The van der Waals surface area contributed by atoms with Crippen molar-refractivity contribution in [2.75, 3.05) is 19.8 Å². The molecule has 3 N–H and O–H groups in total. The van der Waals surface area contributed by atoms with Crippen molar-refractivity contribution in [2.45, 2.75) is 31.8 Å². The van der Waals surface area contributed by atoms with Gasteiger partial charge in [0.05, 0.1) is 6.04 Å². The smallest absolute Gasteiger partial charge is 0.325 e. The number of ether oxygens (including phenoxy) is 2. The van der Waals surface area contributed by atoms with Gasteiger partial charge in [0.15, 0.2) is 11.5 Å². The molecule has 7 nitrogen and oxygen atoms in total. The van der Waals surface area contributed by atoms with Crippen LogP contribution < -0.4 is 20.5 Å². The highest BCUT2D eigenvalue weighted by molar-refractivity contribution is 6.07. The third-order valence-corrected chi connectivity index (χ3v) is 4.47. The summed E-state index contributed by atoms with van der Waals surface area (Å²) in [5.74, 6) is 0.962. The van der Waals surface area contributed by atoms with E-state index in [0.717, 1.165) is 0 Å². The Hall–Kier alpha value is -2.28. The predicted octanol–water partition coefficient (Wildman–Crippen LogP) is 0.962. The second kappa shape index (κ2) is 5.73. The van der Waals surface area contributed by atoms with E-state index < -0.39 is 11.6 Å². The molecule has 0 spiro atoms. The number of hydrogen-bond donors (Lipinski definition) is 2. The summed E-state index contributed by atoms with van der Waals surface area (Å²) in [4.78, 5) is 26.5. The van der Waals surface area contributed by atoms with Crippen LogP contribution in [0.4, 0.5) is 4.79 Å². The number of nitrogens with zero attached hydrogens (tertiary/aromatic N) is 1. The molecule has 1 aromatic carbocycles. The third-order valence-electron chi connectivity index (χ3n) is 4.47. The molecule has 1 fully saturated rings. The van der Waals surface area contributed by atoms with Crippen molar-refractivity contribution in [3.8, 4) is 11.5 Å². The molecule has 2 aliphatic heterocycles. The van der Waals surface area contributed by atoms with Gasteiger partial charge in [0.1, 0.15) is 18.8 Å². The number of urea groups is 1. The van der Waals surface area contributed by atoms with Gasteiger partial charge in [-0.25, -0.2) is 4.79 Å². The molecule has 124 valence electrons. The lowest BCUT2D eigenvalue weighted by atomic mass is 9.86. The molecule has 2 atom stereocenters. The first-order valence-corrected chi connectivity index (χ1v) is 7.79. The van der Waals surface area contributed by atoms with Crippen molar-refractivity contribution in [2.24, 2.45) is 5.73 Å². The summed E-state index contributed by atoms with van der Waals surface area (Å²) in [6.07, 6.45) is 0.436. The highest BCUT2D eigenvalue weighted by Gasteiger charge is 2.52. The fourth-order valence-electron chi connectivity index (χ4n) is 3.05. The number of amides is 3. The van der Waals surface area contributed by atoms with E-state index in [1.807, 2.05) is 6.92 Å². The summed E-state index contributed by atoms with van der Waals surface area (Å²) in [5, 5.41) is 2.84. The van der Waals surface area contributed by atoms with Crippen LogP contribution in [-0.2, 0) is 10.3 Å². The summed E-state index contributed by atoms with van der Waals surface area (Å²) in [5.41, 5.74) is 5.23. The monoisotopic (exact) mass is 319 g/mol. The summed E-state index contributed by atoms with van der Waals surface area (Å²) in [7, 11) is 0. The van der Waals surface area contributed by atoms with E-state index in [1.165, 1.54) is 4.90 Å². The van der Waals surface area contributed by atoms with Gasteiger partial charge in [0.2, 0.25) is 0 Å². The van der Waals surface area contributed by atoms with Gasteiger partial charge in [-0.1, -0.05) is 13.0 Å². The summed E-state index contributed by atoms with van der Waals surface area (Å²) >= 11 is 0. The Morgan fingerprint density at radius 3 is 2.65 bits per heavy atom. The van der Waals surface area contributed by atoms with Gasteiger partial charge in [0, 0.05) is 6.54 Å². The van der Waals surface area contributed by atoms with Gasteiger partial charge in [-0.3, -0.25) is 9.69 Å². The molecule has 7 heteroatoms. The molecule has 2 aliphatic rings. The highest BCUT2D eigenvalue weighted by atomic mass is 16.6. The molecule has 3 amide bonds. The standard InChI is InChI=1S/C16H21N3O4/c1-3-16(14(20)19(10(2)9-17)15(21)18-16)11-4-5-12-13(8-11)23-7-6-22-12/h4-5,8,10H,3,6-7,9,17H2,1-2H3,(H,18,21). The van der Waals surface area contributed by atoms with Crippen LogP contribution in [0.2, 0.25) is 0 Å². The Kier molecular flexibility index (Phi) is 3.89. The SMILES string of the molecule is CCC1(c2ccc3c(c2)OCCO3)NC(=O)N(C(C)CN)C1=O. The Labute approximate surface area is 134 Å². The van der Waals surface area contributed by atoms with Crippen molar-refractivity contribution < 1.29 is 19.1 Å². The molecule has 2 heterocycles. The topological polar surface area (TPSA) is 93.9 Å². The van der Waals surface area contributed by atoms with Crippen LogP contribution in [0.1, 0.15) is 25.8 Å². The van der Waals surface area contributed by atoms with E-state index in [-0.39, 0.29) is 18.5 Å². The van der Waals surface area contributed by atoms with Gasteiger partial charge in [-0.05, 0) is 31.0 Å². The maximum atomic E-state index is 13.0. The fourth-order valence-corrected chi connectivity index (χ4v) is 3.05. The first-order chi connectivity index (χ1) is 11.0. The number of carbonyl (C=O) groups excluding carboxylic acids is 2. The zero-order chi connectivity index (χ0) is 16.6. The Morgan fingerprint density at radius 2 is 2.00 bits per heavy atom. The van der Waals surface area contributed by atoms with E-state index in [4.69, 9.17) is 15.2 Å². The van der Waals surface area contributed by atoms with Gasteiger partial charge in [-0.15, -0.1) is 0 Å². The zero-order valence-electron chi connectivity index (χ0n) is 13.3. The average Bonchev–Trinajstić information content (AvgIpc) is 2.85. The molecule has 0 radical (unpaired) electrons. The van der Waals surface area contributed by atoms with Crippen LogP contribution in [0.5, 0.6) is 11.5 Å². The van der Waals surface area contributed by atoms with Crippen LogP contribution in [-0.4, -0.2) is 42.6 Å². The lowest BCUT2D eigenvalue weighted by Gasteiger charge is -2.28. The number of imide groups is 1. The number of benzene rings is 1. The maximum Gasteiger partial charge on any atom is 0.325 e. The zero-order valence-corrected chi connectivity index (χ0v) is 13.3. The van der Waals surface area contributed by atoms with Crippen molar-refractivity contribution in [3.63, 3.8) is 0 Å². The van der Waals surface area contributed by atoms with Crippen molar-refractivity contribution in [1.82, 2.24) is 10.2 Å². The Bertz CT molecular complexity index is 648. The lowest BCUT2D eigenvalue weighted by Crippen LogP contribution is -2.46. The number of fused-ring (bicyclic) bond motifs is 1. The van der Waals surface area contributed by atoms with Crippen molar-refractivity contribution >= 4 is 11.9 Å². The normalized spacial score (nSPS) is 24.6. The number of nitrogens with two attached hydrogens (primary N) is 1. The highest BCUT2D eigenvalue weighted by Crippen LogP contribution is 2.39. The third kappa shape index (κ3) is 2.31. The average molecular weight is 319 g/mol. The van der Waals surface area contributed by atoms with E-state index in [9.17, 15) is 9.59 Å². The minimum atomic E-state index is -1.09. The second-order valence-corrected chi connectivity index (χ2v) is 5.81. The molecule has 0 bridgehead atoms. The van der Waals surface area contributed by atoms with E-state index >= 15 is 0 Å². The van der Waals surface area contributed by atoms with Crippen molar-refractivity contribution in [3.05, 3.63) is 23.8 Å². The van der Waals surface area contributed by atoms with Crippen LogP contribution in [0.15, 0.2) is 18.2 Å². The van der Waals surface area contributed by atoms with Gasteiger partial charge in [0.25, 0.3) is 5.91 Å². The van der Waals surface area contributed by atoms with Gasteiger partial charge >= 0.3 is 6.03 Å². The van der Waals surface area contributed by atoms with Crippen LogP contribution in [0.3, 0.4) is 0 Å². The lowest BCUT2D eigenvalue weighted by molar-refractivity contribution is -0.133. The number of nitrogens with one attached hydrogen (secondary N) is 1. The molecule has 23 heavy (non-hydrogen) atoms. The van der Waals surface area contributed by atoms with Crippen LogP contribution in [0, 0.1) is 0 Å². The molecule has 3 rings (SSSR count).